The van der Waals surface area contributed by atoms with E-state index in [9.17, 15) is 0 Å². The van der Waals surface area contributed by atoms with Gasteiger partial charge in [-0.1, -0.05) is 34.1 Å². The van der Waals surface area contributed by atoms with Crippen molar-refractivity contribution in [3.8, 4) is 11.5 Å². The zero-order chi connectivity index (χ0) is 14.4. The average molecular weight is 356 g/mol. The summed E-state index contributed by atoms with van der Waals surface area (Å²) in [7, 11) is 1.71. The maximum absolute atomic E-state index is 5.92. The van der Waals surface area contributed by atoms with Crippen LogP contribution in [0.1, 0.15) is 11.1 Å². The molecular formula is C16H16BrClO2. The minimum Gasteiger partial charge on any atom is -0.457 e. The lowest BCUT2D eigenvalue weighted by Crippen LogP contribution is -1.94. The van der Waals surface area contributed by atoms with Crippen molar-refractivity contribution in [2.24, 2.45) is 0 Å². The molecule has 4 heteroatoms. The lowest BCUT2D eigenvalue weighted by Gasteiger charge is -2.10. The van der Waals surface area contributed by atoms with Gasteiger partial charge in [-0.15, -0.1) is 11.6 Å². The van der Waals surface area contributed by atoms with E-state index in [2.05, 4.69) is 15.9 Å². The molecule has 0 radical (unpaired) electrons. The molecule has 0 unspecified atom stereocenters. The molecule has 0 N–H and O–H groups in total. The van der Waals surface area contributed by atoms with Crippen molar-refractivity contribution in [2.75, 3.05) is 13.7 Å². The number of methoxy groups -OCH3 is 1. The summed E-state index contributed by atoms with van der Waals surface area (Å²) in [5.41, 5.74) is 2.20. The second kappa shape index (κ2) is 7.67. The van der Waals surface area contributed by atoms with Crippen molar-refractivity contribution >= 4 is 27.5 Å². The fourth-order valence-electron chi connectivity index (χ4n) is 1.80. The van der Waals surface area contributed by atoms with Crippen LogP contribution in [0, 0.1) is 0 Å². The van der Waals surface area contributed by atoms with Gasteiger partial charge in [0.25, 0.3) is 0 Å². The number of ether oxygens (including phenoxy) is 2. The highest BCUT2D eigenvalue weighted by atomic mass is 79.9. The number of hydrogen-bond donors (Lipinski definition) is 0. The molecule has 0 aliphatic carbocycles. The molecule has 0 heterocycles. The maximum Gasteiger partial charge on any atom is 0.132 e. The monoisotopic (exact) mass is 354 g/mol. The van der Waals surface area contributed by atoms with E-state index in [4.69, 9.17) is 21.1 Å². The molecule has 0 aliphatic heterocycles. The molecule has 2 rings (SSSR count). The van der Waals surface area contributed by atoms with Gasteiger partial charge in [0.1, 0.15) is 11.5 Å². The van der Waals surface area contributed by atoms with Crippen LogP contribution >= 0.6 is 27.5 Å². The lowest BCUT2D eigenvalue weighted by atomic mass is 10.1. The van der Waals surface area contributed by atoms with E-state index in [1.54, 1.807) is 7.11 Å². The van der Waals surface area contributed by atoms with Crippen LogP contribution in [0.15, 0.2) is 46.9 Å². The molecule has 0 amide bonds. The summed E-state index contributed by atoms with van der Waals surface area (Å²) in [5.74, 6) is 2.00. The molecule has 0 saturated carbocycles. The zero-order valence-corrected chi connectivity index (χ0v) is 13.6. The Kier molecular flexibility index (Phi) is 5.89. The Morgan fingerprint density at radius 2 is 1.85 bits per heavy atom. The molecule has 0 aliphatic rings. The topological polar surface area (TPSA) is 18.5 Å². The average Bonchev–Trinajstić information content (AvgIpc) is 2.47. The Bertz CT molecular complexity index is 555. The molecule has 0 bridgehead atoms. The van der Waals surface area contributed by atoms with Crippen molar-refractivity contribution in [2.45, 2.75) is 12.3 Å². The Balaban J connectivity index is 2.11. The molecule has 0 fully saturated rings. The zero-order valence-electron chi connectivity index (χ0n) is 11.2. The van der Waals surface area contributed by atoms with E-state index >= 15 is 0 Å². The first kappa shape index (κ1) is 15.4. The molecule has 0 saturated heterocycles. The largest absolute Gasteiger partial charge is 0.457 e. The summed E-state index contributed by atoms with van der Waals surface area (Å²) in [5, 5.41) is 0. The normalized spacial score (nSPS) is 10.6. The van der Waals surface area contributed by atoms with Crippen molar-refractivity contribution < 1.29 is 9.47 Å². The highest BCUT2D eigenvalue weighted by Crippen LogP contribution is 2.29. The van der Waals surface area contributed by atoms with E-state index in [1.807, 2.05) is 42.5 Å². The van der Waals surface area contributed by atoms with Crippen LogP contribution in [0.3, 0.4) is 0 Å². The molecule has 2 aromatic rings. The standard InChI is InChI=1S/C16H16BrClO2/c1-19-9-8-12-2-6-15(7-3-12)20-16-10-14(17)5-4-13(16)11-18/h2-7,10H,8-9,11H2,1H3. The van der Waals surface area contributed by atoms with E-state index in [0.717, 1.165) is 34.6 Å². The molecule has 2 nitrogen and oxygen atoms in total. The Labute approximate surface area is 132 Å². The molecule has 0 spiro atoms. The third-order valence-electron chi connectivity index (χ3n) is 2.92. The van der Waals surface area contributed by atoms with Gasteiger partial charge in [0.2, 0.25) is 0 Å². The minimum absolute atomic E-state index is 0.425. The van der Waals surface area contributed by atoms with Crippen molar-refractivity contribution in [3.63, 3.8) is 0 Å². The van der Waals surface area contributed by atoms with Gasteiger partial charge in [-0.25, -0.2) is 0 Å². The van der Waals surface area contributed by atoms with Crippen LogP contribution in [0.5, 0.6) is 11.5 Å². The van der Waals surface area contributed by atoms with Gasteiger partial charge in [-0.05, 0) is 36.2 Å². The molecule has 0 atom stereocenters. The van der Waals surface area contributed by atoms with E-state index < -0.39 is 0 Å². The van der Waals surface area contributed by atoms with Gasteiger partial charge < -0.3 is 9.47 Å². The van der Waals surface area contributed by atoms with Gasteiger partial charge >= 0.3 is 0 Å². The predicted molar refractivity (Wildman–Crippen MR) is 85.8 cm³/mol. The predicted octanol–water partition coefficient (Wildman–Crippen LogP) is 5.17. The lowest BCUT2D eigenvalue weighted by molar-refractivity contribution is 0.202. The summed E-state index contributed by atoms with van der Waals surface area (Å²) < 4.78 is 11.9. The van der Waals surface area contributed by atoms with Gasteiger partial charge in [-0.2, -0.15) is 0 Å². The molecule has 106 valence electrons. The fourth-order valence-corrected chi connectivity index (χ4v) is 2.37. The number of halogens is 2. The van der Waals surface area contributed by atoms with Crippen LogP contribution in [-0.2, 0) is 17.0 Å². The molecule has 20 heavy (non-hydrogen) atoms. The van der Waals surface area contributed by atoms with Crippen LogP contribution in [0.4, 0.5) is 0 Å². The summed E-state index contributed by atoms with van der Waals surface area (Å²) in [6, 6.07) is 13.9. The number of rotatable bonds is 6. The van der Waals surface area contributed by atoms with Crippen molar-refractivity contribution in [3.05, 3.63) is 58.1 Å². The van der Waals surface area contributed by atoms with Crippen LogP contribution < -0.4 is 4.74 Å². The smallest absolute Gasteiger partial charge is 0.132 e. The van der Waals surface area contributed by atoms with Crippen molar-refractivity contribution in [1.82, 2.24) is 0 Å². The van der Waals surface area contributed by atoms with Gasteiger partial charge in [0, 0.05) is 17.1 Å². The van der Waals surface area contributed by atoms with Gasteiger partial charge in [0.05, 0.1) is 12.5 Å². The Morgan fingerprint density at radius 1 is 1.10 bits per heavy atom. The molecular weight excluding hydrogens is 340 g/mol. The first-order valence-electron chi connectivity index (χ1n) is 6.33. The summed E-state index contributed by atoms with van der Waals surface area (Å²) in [6.07, 6.45) is 0.903. The SMILES string of the molecule is COCCc1ccc(Oc2cc(Br)ccc2CCl)cc1. The maximum atomic E-state index is 5.92. The van der Waals surface area contributed by atoms with E-state index in [0.29, 0.717) is 5.88 Å². The Morgan fingerprint density at radius 3 is 2.50 bits per heavy atom. The number of hydrogen-bond acceptors (Lipinski definition) is 2. The van der Waals surface area contributed by atoms with Crippen molar-refractivity contribution in [1.29, 1.82) is 0 Å². The number of benzene rings is 2. The van der Waals surface area contributed by atoms with Crippen LogP contribution in [0.25, 0.3) is 0 Å². The highest BCUT2D eigenvalue weighted by molar-refractivity contribution is 9.10. The first-order chi connectivity index (χ1) is 9.72. The van der Waals surface area contributed by atoms with Crippen LogP contribution in [-0.4, -0.2) is 13.7 Å². The second-order valence-electron chi connectivity index (χ2n) is 4.37. The molecule has 0 aromatic heterocycles. The van der Waals surface area contributed by atoms with Gasteiger partial charge in [0.15, 0.2) is 0 Å². The van der Waals surface area contributed by atoms with Crippen LogP contribution in [0.2, 0.25) is 0 Å². The Hall–Kier alpha value is -1.03. The number of alkyl halides is 1. The van der Waals surface area contributed by atoms with Gasteiger partial charge in [-0.3, -0.25) is 0 Å². The van der Waals surface area contributed by atoms with E-state index in [1.165, 1.54) is 5.56 Å². The fraction of sp³-hybridized carbons (Fsp3) is 0.250. The summed E-state index contributed by atoms with van der Waals surface area (Å²) >= 11 is 9.37. The summed E-state index contributed by atoms with van der Waals surface area (Å²) in [6.45, 7) is 0.724. The highest BCUT2D eigenvalue weighted by Gasteiger charge is 2.05. The van der Waals surface area contributed by atoms with E-state index in [-0.39, 0.29) is 0 Å². The molecule has 2 aromatic carbocycles. The second-order valence-corrected chi connectivity index (χ2v) is 5.56. The first-order valence-corrected chi connectivity index (χ1v) is 7.66. The third kappa shape index (κ3) is 4.23. The minimum atomic E-state index is 0.425. The summed E-state index contributed by atoms with van der Waals surface area (Å²) in [4.78, 5) is 0. The third-order valence-corrected chi connectivity index (χ3v) is 3.70. The quantitative estimate of drug-likeness (QED) is 0.666.